The van der Waals surface area contributed by atoms with E-state index < -0.39 is 0 Å². The maximum absolute atomic E-state index is 12.2. The lowest BCUT2D eigenvalue weighted by atomic mass is 9.83. The van der Waals surface area contributed by atoms with Gasteiger partial charge in [-0.05, 0) is 58.2 Å². The Morgan fingerprint density at radius 2 is 1.95 bits per heavy atom. The summed E-state index contributed by atoms with van der Waals surface area (Å²) in [5.74, 6) is 1.74. The molecule has 1 aliphatic carbocycles. The van der Waals surface area contributed by atoms with Crippen LogP contribution in [0.4, 0.5) is 0 Å². The first-order valence-corrected chi connectivity index (χ1v) is 8.69. The summed E-state index contributed by atoms with van der Waals surface area (Å²) in [5, 5.41) is 0. The molecule has 0 aromatic carbocycles. The number of Topliss-reactive ketones (excluding diaryl/α,β-unsaturated/α-hetero) is 1. The van der Waals surface area contributed by atoms with Crippen LogP contribution in [0.25, 0.3) is 0 Å². The fourth-order valence-electron chi connectivity index (χ4n) is 4.63. The van der Waals surface area contributed by atoms with Gasteiger partial charge >= 0.3 is 0 Å². The number of ketones is 1. The van der Waals surface area contributed by atoms with Gasteiger partial charge in [0, 0.05) is 31.5 Å². The van der Waals surface area contributed by atoms with Crippen molar-refractivity contribution in [3.63, 3.8) is 0 Å². The third-order valence-electron chi connectivity index (χ3n) is 5.84. The maximum Gasteiger partial charge on any atom is 0.137 e. The minimum atomic E-state index is 0.343. The number of carbonyl (C=O) groups is 1. The van der Waals surface area contributed by atoms with E-state index in [1.807, 2.05) is 0 Å². The summed E-state index contributed by atoms with van der Waals surface area (Å²) in [6.45, 7) is 4.77. The summed E-state index contributed by atoms with van der Waals surface area (Å²) in [4.78, 5) is 17.4. The monoisotopic (exact) mass is 278 g/mol. The Kier molecular flexibility index (Phi) is 4.77. The predicted octanol–water partition coefficient (Wildman–Crippen LogP) is 2.55. The van der Waals surface area contributed by atoms with Crippen molar-refractivity contribution >= 4 is 5.78 Å². The second-order valence-corrected chi connectivity index (χ2v) is 7.26. The fourth-order valence-corrected chi connectivity index (χ4v) is 4.63. The predicted molar refractivity (Wildman–Crippen MR) is 81.8 cm³/mol. The van der Waals surface area contributed by atoms with Crippen LogP contribution < -0.4 is 0 Å². The first-order valence-electron chi connectivity index (χ1n) is 8.69. The highest BCUT2D eigenvalue weighted by atomic mass is 16.1. The van der Waals surface area contributed by atoms with Crippen LogP contribution in [0, 0.1) is 11.8 Å². The second kappa shape index (κ2) is 6.57. The van der Waals surface area contributed by atoms with Crippen LogP contribution >= 0.6 is 0 Å². The molecule has 0 aromatic rings. The van der Waals surface area contributed by atoms with Crippen LogP contribution in [0.5, 0.6) is 0 Å². The molecule has 1 saturated carbocycles. The van der Waals surface area contributed by atoms with Crippen molar-refractivity contribution in [1.82, 2.24) is 9.80 Å². The molecule has 2 aliphatic heterocycles. The molecule has 2 heterocycles. The van der Waals surface area contributed by atoms with Crippen molar-refractivity contribution in [2.45, 2.75) is 57.4 Å². The SMILES string of the molecule is CN1CCCC2CN(CC3CCCCCC3=O)CCC21. The van der Waals surface area contributed by atoms with Crippen LogP contribution in [-0.2, 0) is 4.79 Å². The average molecular weight is 278 g/mol. The van der Waals surface area contributed by atoms with E-state index >= 15 is 0 Å². The third-order valence-corrected chi connectivity index (χ3v) is 5.84. The molecule has 3 aliphatic rings. The van der Waals surface area contributed by atoms with Crippen molar-refractivity contribution in [3.8, 4) is 0 Å². The molecule has 0 amide bonds. The van der Waals surface area contributed by atoms with Crippen molar-refractivity contribution < 1.29 is 4.79 Å². The number of hydrogen-bond donors (Lipinski definition) is 0. The number of piperidine rings is 2. The molecule has 114 valence electrons. The highest BCUT2D eigenvalue weighted by molar-refractivity contribution is 5.81. The van der Waals surface area contributed by atoms with Crippen molar-refractivity contribution in [2.75, 3.05) is 33.2 Å². The smallest absolute Gasteiger partial charge is 0.137 e. The molecule has 0 bridgehead atoms. The number of fused-ring (bicyclic) bond motifs is 1. The molecular formula is C17H30N2O. The maximum atomic E-state index is 12.2. The zero-order chi connectivity index (χ0) is 13.9. The number of nitrogens with zero attached hydrogens (tertiary/aromatic N) is 2. The van der Waals surface area contributed by atoms with E-state index in [-0.39, 0.29) is 0 Å². The average Bonchev–Trinajstić information content (AvgIpc) is 2.64. The van der Waals surface area contributed by atoms with Gasteiger partial charge in [-0.2, -0.15) is 0 Å². The Morgan fingerprint density at radius 3 is 2.85 bits per heavy atom. The molecule has 3 rings (SSSR count). The summed E-state index contributed by atoms with van der Waals surface area (Å²) >= 11 is 0. The summed E-state index contributed by atoms with van der Waals surface area (Å²) in [6, 6.07) is 0.810. The highest BCUT2D eigenvalue weighted by Crippen LogP contribution is 2.30. The summed E-state index contributed by atoms with van der Waals surface area (Å²) in [5.41, 5.74) is 0. The lowest BCUT2D eigenvalue weighted by Gasteiger charge is -2.46. The van der Waals surface area contributed by atoms with E-state index in [0.717, 1.165) is 37.8 Å². The molecule has 3 nitrogen and oxygen atoms in total. The van der Waals surface area contributed by atoms with Gasteiger partial charge in [0.25, 0.3) is 0 Å². The van der Waals surface area contributed by atoms with Crippen LogP contribution in [0.15, 0.2) is 0 Å². The zero-order valence-corrected chi connectivity index (χ0v) is 13.0. The first kappa shape index (κ1) is 14.5. The van der Waals surface area contributed by atoms with E-state index in [1.54, 1.807) is 0 Å². The number of hydrogen-bond acceptors (Lipinski definition) is 3. The van der Waals surface area contributed by atoms with Crippen molar-refractivity contribution in [2.24, 2.45) is 11.8 Å². The fraction of sp³-hybridized carbons (Fsp3) is 0.941. The molecule has 3 fully saturated rings. The van der Waals surface area contributed by atoms with Crippen LogP contribution in [0.3, 0.4) is 0 Å². The lowest BCUT2D eigenvalue weighted by Crippen LogP contribution is -2.53. The summed E-state index contributed by atoms with van der Waals surface area (Å²) < 4.78 is 0. The molecule has 20 heavy (non-hydrogen) atoms. The Bertz CT molecular complexity index is 344. The van der Waals surface area contributed by atoms with Gasteiger partial charge < -0.3 is 9.80 Å². The van der Waals surface area contributed by atoms with Gasteiger partial charge in [0.2, 0.25) is 0 Å². The van der Waals surface area contributed by atoms with Gasteiger partial charge in [0.15, 0.2) is 0 Å². The zero-order valence-electron chi connectivity index (χ0n) is 13.0. The van der Waals surface area contributed by atoms with Crippen molar-refractivity contribution in [1.29, 1.82) is 0 Å². The molecular weight excluding hydrogens is 248 g/mol. The van der Waals surface area contributed by atoms with Gasteiger partial charge in [-0.25, -0.2) is 0 Å². The summed E-state index contributed by atoms with van der Waals surface area (Å²) in [7, 11) is 2.29. The largest absolute Gasteiger partial charge is 0.303 e. The van der Waals surface area contributed by atoms with Gasteiger partial charge in [-0.15, -0.1) is 0 Å². The molecule has 3 heteroatoms. The van der Waals surface area contributed by atoms with Crippen LogP contribution in [-0.4, -0.2) is 54.9 Å². The van der Waals surface area contributed by atoms with E-state index in [9.17, 15) is 4.79 Å². The van der Waals surface area contributed by atoms with E-state index in [4.69, 9.17) is 0 Å². The topological polar surface area (TPSA) is 23.6 Å². The molecule has 0 aromatic heterocycles. The molecule has 3 atom stereocenters. The van der Waals surface area contributed by atoms with Gasteiger partial charge in [-0.3, -0.25) is 4.79 Å². The van der Waals surface area contributed by atoms with Gasteiger partial charge in [0.05, 0.1) is 0 Å². The lowest BCUT2D eigenvalue weighted by molar-refractivity contribution is -0.123. The highest BCUT2D eigenvalue weighted by Gasteiger charge is 2.35. The minimum Gasteiger partial charge on any atom is -0.303 e. The van der Waals surface area contributed by atoms with E-state index in [2.05, 4.69) is 16.8 Å². The normalized spacial score (nSPS) is 37.5. The molecule has 0 radical (unpaired) electrons. The third kappa shape index (κ3) is 3.25. The standard InChI is InChI=1S/C17H30N2O/c1-18-10-5-7-14-12-19(11-9-16(14)18)13-15-6-3-2-4-8-17(15)20/h14-16H,2-13H2,1H3. The molecule has 0 spiro atoms. The quantitative estimate of drug-likeness (QED) is 0.725. The van der Waals surface area contributed by atoms with Crippen LogP contribution in [0.1, 0.15) is 51.4 Å². The second-order valence-electron chi connectivity index (χ2n) is 7.26. The first-order chi connectivity index (χ1) is 9.74. The Hall–Kier alpha value is -0.410. The van der Waals surface area contributed by atoms with E-state index in [1.165, 1.54) is 51.7 Å². The molecule has 0 N–H and O–H groups in total. The number of rotatable bonds is 2. The Morgan fingerprint density at radius 1 is 1.05 bits per heavy atom. The number of carbonyl (C=O) groups excluding carboxylic acids is 1. The minimum absolute atomic E-state index is 0.343. The van der Waals surface area contributed by atoms with Gasteiger partial charge in [-0.1, -0.05) is 12.8 Å². The molecule has 3 unspecified atom stereocenters. The van der Waals surface area contributed by atoms with Crippen LogP contribution in [0.2, 0.25) is 0 Å². The number of likely N-dealkylation sites (tertiary alicyclic amines) is 2. The van der Waals surface area contributed by atoms with E-state index in [0.29, 0.717) is 11.7 Å². The van der Waals surface area contributed by atoms with Crippen molar-refractivity contribution in [3.05, 3.63) is 0 Å². The van der Waals surface area contributed by atoms with Gasteiger partial charge in [0.1, 0.15) is 5.78 Å². The Balaban J connectivity index is 1.55. The Labute approximate surface area is 123 Å². The molecule has 2 saturated heterocycles. The summed E-state index contributed by atoms with van der Waals surface area (Å²) in [6.07, 6.45) is 9.69.